The second kappa shape index (κ2) is 7.88. The molecule has 6 nitrogen and oxygen atoms in total. The summed E-state index contributed by atoms with van der Waals surface area (Å²) in [5.41, 5.74) is 5.67. The molecule has 0 aromatic carbocycles. The van der Waals surface area contributed by atoms with E-state index in [1.807, 2.05) is 25.7 Å². The molecule has 2 aliphatic heterocycles. The third kappa shape index (κ3) is 5.92. The highest BCUT2D eigenvalue weighted by Gasteiger charge is 2.27. The monoisotopic (exact) mass is 324 g/mol. The number of carbonyl (C=O) groups is 1. The molecular formula is C17H32N4O2. The molecule has 0 bridgehead atoms. The fourth-order valence-electron chi connectivity index (χ4n) is 3.15. The number of hydrogen-bond donors (Lipinski definition) is 1. The SMILES string of the molecule is CC(C)(C)OC(=O)N1CCCC(CN=C(N)N2CCCCC2)C1. The molecule has 0 saturated carbocycles. The number of amides is 1. The first-order valence-electron chi connectivity index (χ1n) is 8.88. The smallest absolute Gasteiger partial charge is 0.410 e. The molecule has 0 aromatic heterocycles. The number of likely N-dealkylation sites (tertiary alicyclic amines) is 2. The van der Waals surface area contributed by atoms with Crippen LogP contribution in [0.4, 0.5) is 4.79 Å². The zero-order valence-electron chi connectivity index (χ0n) is 14.9. The number of guanidine groups is 1. The third-order valence-electron chi connectivity index (χ3n) is 4.36. The number of ether oxygens (including phenoxy) is 1. The molecule has 1 unspecified atom stereocenters. The summed E-state index contributed by atoms with van der Waals surface area (Å²) in [5, 5.41) is 0. The van der Waals surface area contributed by atoms with Crippen LogP contribution in [0.3, 0.4) is 0 Å². The van der Waals surface area contributed by atoms with Gasteiger partial charge in [-0.15, -0.1) is 0 Å². The molecule has 132 valence electrons. The van der Waals surface area contributed by atoms with E-state index >= 15 is 0 Å². The van der Waals surface area contributed by atoms with Gasteiger partial charge < -0.3 is 20.3 Å². The van der Waals surface area contributed by atoms with Gasteiger partial charge in [0, 0.05) is 32.7 Å². The molecular weight excluding hydrogens is 292 g/mol. The second-order valence-electron chi connectivity index (χ2n) is 7.68. The van der Waals surface area contributed by atoms with Crippen LogP contribution in [0.25, 0.3) is 0 Å². The highest BCUT2D eigenvalue weighted by molar-refractivity contribution is 5.78. The molecule has 0 aromatic rings. The minimum absolute atomic E-state index is 0.213. The number of hydrogen-bond acceptors (Lipinski definition) is 3. The normalized spacial score (nSPS) is 23.8. The minimum Gasteiger partial charge on any atom is -0.444 e. The van der Waals surface area contributed by atoms with Gasteiger partial charge >= 0.3 is 6.09 Å². The molecule has 6 heteroatoms. The molecule has 0 aliphatic carbocycles. The van der Waals surface area contributed by atoms with Crippen molar-refractivity contribution in [1.82, 2.24) is 9.80 Å². The molecule has 2 N–H and O–H groups in total. The zero-order chi connectivity index (χ0) is 16.9. The Hall–Kier alpha value is -1.46. The number of nitrogens with two attached hydrogens (primary N) is 1. The van der Waals surface area contributed by atoms with Gasteiger partial charge in [-0.3, -0.25) is 4.99 Å². The van der Waals surface area contributed by atoms with E-state index in [1.165, 1.54) is 19.3 Å². The van der Waals surface area contributed by atoms with E-state index in [0.717, 1.165) is 32.5 Å². The number of carbonyl (C=O) groups excluding carboxylic acids is 1. The summed E-state index contributed by atoms with van der Waals surface area (Å²) < 4.78 is 5.46. The standard InChI is InChI=1S/C17H32N4O2/c1-17(2,3)23-16(22)21-11-7-8-14(13-21)12-19-15(18)20-9-5-4-6-10-20/h14H,4-13H2,1-3H3,(H2,18,19). The van der Waals surface area contributed by atoms with E-state index in [1.54, 1.807) is 0 Å². The van der Waals surface area contributed by atoms with Gasteiger partial charge in [-0.25, -0.2) is 4.79 Å². The van der Waals surface area contributed by atoms with Crippen LogP contribution in [0.15, 0.2) is 4.99 Å². The van der Waals surface area contributed by atoms with Crippen molar-refractivity contribution in [2.24, 2.45) is 16.6 Å². The second-order valence-corrected chi connectivity index (χ2v) is 7.68. The van der Waals surface area contributed by atoms with Crippen LogP contribution in [-0.4, -0.2) is 60.2 Å². The van der Waals surface area contributed by atoms with Gasteiger partial charge in [0.1, 0.15) is 5.60 Å². The van der Waals surface area contributed by atoms with Gasteiger partial charge in [0.25, 0.3) is 0 Å². The van der Waals surface area contributed by atoms with Crippen LogP contribution in [-0.2, 0) is 4.74 Å². The molecule has 0 spiro atoms. The van der Waals surface area contributed by atoms with E-state index in [9.17, 15) is 4.79 Å². The average Bonchev–Trinajstić information content (AvgIpc) is 2.52. The summed E-state index contributed by atoms with van der Waals surface area (Å²) in [4.78, 5) is 20.8. The summed E-state index contributed by atoms with van der Waals surface area (Å²) in [6.45, 7) is 9.92. The predicted octanol–water partition coefficient (Wildman–Crippen LogP) is 2.43. The molecule has 2 aliphatic rings. The first-order chi connectivity index (χ1) is 10.8. The quantitative estimate of drug-likeness (QED) is 0.625. The molecule has 1 amide bonds. The molecule has 2 saturated heterocycles. The van der Waals surface area contributed by atoms with Crippen LogP contribution in [0, 0.1) is 5.92 Å². The van der Waals surface area contributed by atoms with Crippen LogP contribution in [0.2, 0.25) is 0 Å². The van der Waals surface area contributed by atoms with Gasteiger partial charge in [0.05, 0.1) is 0 Å². The van der Waals surface area contributed by atoms with Crippen LogP contribution in [0.5, 0.6) is 0 Å². The van der Waals surface area contributed by atoms with Gasteiger partial charge in [-0.2, -0.15) is 0 Å². The Labute approximate surface area is 140 Å². The maximum absolute atomic E-state index is 12.2. The van der Waals surface area contributed by atoms with E-state index in [-0.39, 0.29) is 6.09 Å². The van der Waals surface area contributed by atoms with E-state index < -0.39 is 5.60 Å². The maximum atomic E-state index is 12.2. The van der Waals surface area contributed by atoms with Crippen LogP contribution in [0.1, 0.15) is 52.9 Å². The molecule has 0 radical (unpaired) electrons. The summed E-state index contributed by atoms with van der Waals surface area (Å²) in [7, 11) is 0. The Morgan fingerprint density at radius 1 is 1.13 bits per heavy atom. The molecule has 2 fully saturated rings. The largest absolute Gasteiger partial charge is 0.444 e. The fraction of sp³-hybridized carbons (Fsp3) is 0.882. The van der Waals surface area contributed by atoms with Gasteiger partial charge in [0.15, 0.2) is 5.96 Å². The topological polar surface area (TPSA) is 71.2 Å². The number of piperidine rings is 2. The maximum Gasteiger partial charge on any atom is 0.410 e. The van der Waals surface area contributed by atoms with Crippen molar-refractivity contribution in [2.75, 3.05) is 32.7 Å². The van der Waals surface area contributed by atoms with Crippen molar-refractivity contribution < 1.29 is 9.53 Å². The number of rotatable bonds is 2. The van der Waals surface area contributed by atoms with Crippen molar-refractivity contribution in [2.45, 2.75) is 58.5 Å². The number of nitrogens with zero attached hydrogens (tertiary/aromatic N) is 3. The Bertz CT molecular complexity index is 425. The molecule has 2 heterocycles. The molecule has 23 heavy (non-hydrogen) atoms. The van der Waals surface area contributed by atoms with E-state index in [0.29, 0.717) is 25.0 Å². The summed E-state index contributed by atoms with van der Waals surface area (Å²) >= 11 is 0. The van der Waals surface area contributed by atoms with Crippen molar-refractivity contribution in [3.8, 4) is 0 Å². The van der Waals surface area contributed by atoms with Crippen molar-refractivity contribution in [3.63, 3.8) is 0 Å². The van der Waals surface area contributed by atoms with Gasteiger partial charge in [-0.1, -0.05) is 0 Å². The van der Waals surface area contributed by atoms with Crippen molar-refractivity contribution >= 4 is 12.1 Å². The Morgan fingerprint density at radius 2 is 1.78 bits per heavy atom. The number of aliphatic imine (C=N–C) groups is 1. The fourth-order valence-corrected chi connectivity index (χ4v) is 3.15. The van der Waals surface area contributed by atoms with E-state index in [4.69, 9.17) is 10.5 Å². The lowest BCUT2D eigenvalue weighted by Gasteiger charge is -2.34. The Morgan fingerprint density at radius 3 is 2.43 bits per heavy atom. The van der Waals surface area contributed by atoms with Gasteiger partial charge in [0.2, 0.25) is 0 Å². The first-order valence-corrected chi connectivity index (χ1v) is 8.88. The zero-order valence-corrected chi connectivity index (χ0v) is 14.9. The summed E-state index contributed by atoms with van der Waals surface area (Å²) in [5.74, 6) is 1.04. The first kappa shape index (κ1) is 17.9. The molecule has 1 atom stereocenters. The minimum atomic E-state index is -0.444. The third-order valence-corrected chi connectivity index (χ3v) is 4.36. The van der Waals surface area contributed by atoms with Crippen LogP contribution >= 0.6 is 0 Å². The average molecular weight is 324 g/mol. The lowest BCUT2D eigenvalue weighted by Crippen LogP contribution is -2.44. The van der Waals surface area contributed by atoms with E-state index in [2.05, 4.69) is 9.89 Å². The Kier molecular flexibility index (Phi) is 6.13. The predicted molar refractivity (Wildman–Crippen MR) is 92.4 cm³/mol. The lowest BCUT2D eigenvalue weighted by molar-refractivity contribution is 0.0170. The van der Waals surface area contributed by atoms with Crippen molar-refractivity contribution in [1.29, 1.82) is 0 Å². The summed E-state index contributed by atoms with van der Waals surface area (Å²) in [6, 6.07) is 0. The van der Waals surface area contributed by atoms with Gasteiger partial charge in [-0.05, 0) is 58.8 Å². The van der Waals surface area contributed by atoms with Crippen molar-refractivity contribution in [3.05, 3.63) is 0 Å². The Balaban J connectivity index is 1.82. The summed E-state index contributed by atoms with van der Waals surface area (Å²) in [6.07, 6.45) is 5.57. The lowest BCUT2D eigenvalue weighted by atomic mass is 9.98. The molecule has 2 rings (SSSR count). The highest BCUT2D eigenvalue weighted by Crippen LogP contribution is 2.20. The highest BCUT2D eigenvalue weighted by atomic mass is 16.6. The van der Waals surface area contributed by atoms with Crippen LogP contribution < -0.4 is 5.73 Å².